The lowest BCUT2D eigenvalue weighted by molar-refractivity contribution is -0.146. The highest BCUT2D eigenvalue weighted by atomic mass is 16.2. The molecule has 1 aromatic heterocycles. The molecule has 0 bridgehead atoms. The second-order valence-electron chi connectivity index (χ2n) is 14.0. The van der Waals surface area contributed by atoms with E-state index in [1.165, 1.54) is 11.8 Å². The van der Waals surface area contributed by atoms with E-state index in [-0.39, 0.29) is 35.5 Å². The van der Waals surface area contributed by atoms with Crippen LogP contribution in [0.5, 0.6) is 0 Å². The van der Waals surface area contributed by atoms with Crippen LogP contribution in [0.25, 0.3) is 0 Å². The molecule has 0 aromatic carbocycles. The number of amides is 5. The molecule has 0 spiro atoms. The van der Waals surface area contributed by atoms with Crippen molar-refractivity contribution in [2.24, 2.45) is 5.41 Å². The number of Topliss-reactive ketones (excluding diaryl/α,β-unsaturated/α-hetero) is 2. The van der Waals surface area contributed by atoms with Crippen molar-refractivity contribution in [2.45, 2.75) is 137 Å². The normalized spacial score (nSPS) is 19.0. The molecule has 13 heteroatoms. The van der Waals surface area contributed by atoms with Gasteiger partial charge >= 0.3 is 0 Å². The Labute approximate surface area is 277 Å². The number of nitrogens with one attached hydrogen (secondary N) is 5. The van der Waals surface area contributed by atoms with Crippen LogP contribution in [0.4, 0.5) is 0 Å². The summed E-state index contributed by atoms with van der Waals surface area (Å²) in [4.78, 5) is 96.2. The largest absolute Gasteiger partial charge is 0.354 e. The predicted octanol–water partition coefficient (Wildman–Crippen LogP) is 2.39. The van der Waals surface area contributed by atoms with Crippen molar-refractivity contribution in [3.63, 3.8) is 0 Å². The molecule has 13 nitrogen and oxygen atoms in total. The van der Waals surface area contributed by atoms with E-state index in [0.717, 1.165) is 19.3 Å². The molecule has 2 fully saturated rings. The number of aromatic amines is 1. The first kappa shape index (κ1) is 37.4. The van der Waals surface area contributed by atoms with E-state index in [0.29, 0.717) is 36.9 Å². The van der Waals surface area contributed by atoms with Crippen molar-refractivity contribution in [3.05, 3.63) is 22.5 Å². The maximum absolute atomic E-state index is 14.3. The summed E-state index contributed by atoms with van der Waals surface area (Å²) in [5.74, 6) is -3.87. The molecule has 1 saturated carbocycles. The van der Waals surface area contributed by atoms with Gasteiger partial charge in [0.25, 0.3) is 11.8 Å². The third kappa shape index (κ3) is 9.29. The molecular weight excluding hydrogens is 604 g/mol. The van der Waals surface area contributed by atoms with Crippen molar-refractivity contribution in [2.75, 3.05) is 6.54 Å². The predicted molar refractivity (Wildman–Crippen MR) is 176 cm³/mol. The van der Waals surface area contributed by atoms with Gasteiger partial charge in [-0.05, 0) is 70.3 Å². The van der Waals surface area contributed by atoms with E-state index in [1.54, 1.807) is 34.6 Å². The lowest BCUT2D eigenvalue weighted by atomic mass is 9.85. The summed E-state index contributed by atoms with van der Waals surface area (Å²) < 4.78 is 0. The van der Waals surface area contributed by atoms with Crippen LogP contribution in [-0.2, 0) is 24.0 Å². The fourth-order valence-corrected chi connectivity index (χ4v) is 6.15. The molecular formula is C34H52N6O7. The van der Waals surface area contributed by atoms with Gasteiger partial charge in [-0.1, -0.05) is 47.5 Å². The maximum atomic E-state index is 14.3. The van der Waals surface area contributed by atoms with Crippen molar-refractivity contribution >= 4 is 41.1 Å². The first-order valence-corrected chi connectivity index (χ1v) is 16.8. The Bertz CT molecular complexity index is 1390. The summed E-state index contributed by atoms with van der Waals surface area (Å²) in [6, 6.07) is -3.19. The number of aryl methyl sites for hydroxylation is 1. The van der Waals surface area contributed by atoms with E-state index in [9.17, 15) is 33.6 Å². The van der Waals surface area contributed by atoms with E-state index in [2.05, 4.69) is 26.3 Å². The average molecular weight is 657 g/mol. The van der Waals surface area contributed by atoms with Crippen LogP contribution in [0.2, 0.25) is 0 Å². The summed E-state index contributed by atoms with van der Waals surface area (Å²) in [6.07, 6.45) is 4.85. The molecule has 1 aliphatic carbocycles. The first-order chi connectivity index (χ1) is 22.0. The molecule has 1 aliphatic heterocycles. The number of nitrogens with zero attached hydrogens (tertiary/aromatic N) is 1. The topological polar surface area (TPSA) is 187 Å². The van der Waals surface area contributed by atoms with Crippen LogP contribution in [-0.4, -0.2) is 87.7 Å². The molecule has 47 heavy (non-hydrogen) atoms. The quantitative estimate of drug-likeness (QED) is 0.142. The molecule has 0 unspecified atom stereocenters. The van der Waals surface area contributed by atoms with Crippen molar-refractivity contribution in [1.82, 2.24) is 31.2 Å². The van der Waals surface area contributed by atoms with Gasteiger partial charge in [0.2, 0.25) is 23.5 Å². The van der Waals surface area contributed by atoms with Crippen molar-refractivity contribution in [3.8, 4) is 0 Å². The highest BCUT2D eigenvalue weighted by molar-refractivity contribution is 6.38. The Morgan fingerprint density at radius 1 is 0.936 bits per heavy atom. The zero-order chi connectivity index (χ0) is 35.2. The van der Waals surface area contributed by atoms with Gasteiger partial charge in [0.15, 0.2) is 5.78 Å². The van der Waals surface area contributed by atoms with E-state index < -0.39 is 65.4 Å². The summed E-state index contributed by atoms with van der Waals surface area (Å²) in [6.45, 7) is 13.6. The van der Waals surface area contributed by atoms with Gasteiger partial charge in [-0.2, -0.15) is 0 Å². The van der Waals surface area contributed by atoms with Crippen LogP contribution in [0.15, 0.2) is 0 Å². The summed E-state index contributed by atoms with van der Waals surface area (Å²) >= 11 is 0. The minimum atomic E-state index is -1.04. The molecule has 2 heterocycles. The van der Waals surface area contributed by atoms with Crippen LogP contribution in [0.3, 0.4) is 0 Å². The zero-order valence-electron chi connectivity index (χ0n) is 29.1. The molecule has 260 valence electrons. The molecule has 5 amide bonds. The molecule has 1 aromatic rings. The number of carbonyl (C=O) groups excluding carboxylic acids is 7. The Hall–Kier alpha value is -4.03. The van der Waals surface area contributed by atoms with Crippen LogP contribution >= 0.6 is 0 Å². The lowest BCUT2D eigenvalue weighted by Crippen LogP contribution is -2.61. The zero-order valence-corrected chi connectivity index (χ0v) is 29.1. The number of H-pyrrole nitrogens is 1. The monoisotopic (exact) mass is 656 g/mol. The Balaban J connectivity index is 1.77. The molecule has 1 saturated heterocycles. The maximum Gasteiger partial charge on any atom is 0.289 e. The molecule has 5 N–H and O–H groups in total. The van der Waals surface area contributed by atoms with Gasteiger partial charge in [0.05, 0.1) is 18.2 Å². The fourth-order valence-electron chi connectivity index (χ4n) is 6.15. The Morgan fingerprint density at radius 3 is 2.15 bits per heavy atom. The minimum Gasteiger partial charge on any atom is -0.354 e. The number of aromatic nitrogens is 1. The Morgan fingerprint density at radius 2 is 1.60 bits per heavy atom. The SMILES string of the molecule is CCC[C@H]1CC[C@@H](C(=O)N[C@@H](CCC)C(=O)C(=O)NC2CC2)N1C(=O)[C@@H](NC(=O)CNC(=O)c1[nH]c(C)c(C)c1C(C)=O)C(C)(C)C. The number of ketones is 2. The molecule has 2 aliphatic rings. The van der Waals surface area contributed by atoms with Gasteiger partial charge < -0.3 is 31.2 Å². The lowest BCUT2D eigenvalue weighted by Gasteiger charge is -2.38. The fraction of sp³-hybridized carbons (Fsp3) is 0.676. The summed E-state index contributed by atoms with van der Waals surface area (Å²) in [5.41, 5.74) is 0.884. The van der Waals surface area contributed by atoms with Gasteiger partial charge in [0.1, 0.15) is 17.8 Å². The number of carbonyl (C=O) groups is 7. The average Bonchev–Trinajstić information content (AvgIpc) is 3.62. The van der Waals surface area contributed by atoms with Crippen molar-refractivity contribution in [1.29, 1.82) is 0 Å². The summed E-state index contributed by atoms with van der Waals surface area (Å²) in [5, 5.41) is 10.8. The highest BCUT2D eigenvalue weighted by Crippen LogP contribution is 2.32. The number of likely N-dealkylation sites (tertiary alicyclic amines) is 1. The van der Waals surface area contributed by atoms with Gasteiger partial charge in [0, 0.05) is 17.8 Å². The third-order valence-corrected chi connectivity index (χ3v) is 8.94. The highest BCUT2D eigenvalue weighted by Gasteiger charge is 2.46. The Kier molecular flexibility index (Phi) is 12.5. The van der Waals surface area contributed by atoms with E-state index in [1.807, 2.05) is 13.8 Å². The second kappa shape index (κ2) is 15.7. The minimum absolute atomic E-state index is 0.0000761. The number of rotatable bonds is 15. The third-order valence-electron chi connectivity index (χ3n) is 8.94. The number of hydrogen-bond donors (Lipinski definition) is 5. The van der Waals surface area contributed by atoms with Crippen molar-refractivity contribution < 1.29 is 33.6 Å². The van der Waals surface area contributed by atoms with Crippen LogP contribution in [0, 0.1) is 19.3 Å². The summed E-state index contributed by atoms with van der Waals surface area (Å²) in [7, 11) is 0. The van der Waals surface area contributed by atoms with Gasteiger partial charge in [-0.25, -0.2) is 0 Å². The van der Waals surface area contributed by atoms with Gasteiger partial charge in [-0.15, -0.1) is 0 Å². The van der Waals surface area contributed by atoms with Crippen LogP contribution in [0.1, 0.15) is 125 Å². The first-order valence-electron chi connectivity index (χ1n) is 16.8. The molecule has 0 radical (unpaired) electrons. The molecule has 4 atom stereocenters. The molecule has 3 rings (SSSR count). The van der Waals surface area contributed by atoms with Gasteiger partial charge in [-0.3, -0.25) is 33.6 Å². The number of hydrogen-bond acceptors (Lipinski definition) is 7. The second-order valence-corrected chi connectivity index (χ2v) is 14.0. The smallest absolute Gasteiger partial charge is 0.289 e. The van der Waals surface area contributed by atoms with E-state index in [4.69, 9.17) is 0 Å². The standard InChI is InChI=1S/C34H52N6O7/c1-9-11-22-15-16-24(30(44)38-23(12-10-2)28(43)32(46)37-21-13-14-21)40(22)33(47)29(34(6,7)8)39-25(42)17-35-31(45)27-26(20(5)41)18(3)19(4)36-27/h21-24,29,36H,9-17H2,1-8H3,(H,35,45)(H,37,46)(H,38,44)(H,39,42)/t22-,23-,24-,29+/m0/s1. The van der Waals surface area contributed by atoms with Crippen LogP contribution < -0.4 is 21.3 Å². The van der Waals surface area contributed by atoms with E-state index >= 15 is 0 Å².